The van der Waals surface area contributed by atoms with Crippen molar-refractivity contribution in [1.29, 1.82) is 0 Å². The number of thiazole rings is 1. The van der Waals surface area contributed by atoms with Crippen molar-refractivity contribution in [2.24, 2.45) is 0 Å². The Morgan fingerprint density at radius 3 is 2.95 bits per heavy atom. The number of hydrogen-bond acceptors (Lipinski definition) is 3. The Kier molecular flexibility index (Phi) is 2.74. The van der Waals surface area contributed by atoms with Crippen LogP contribution in [0.5, 0.6) is 0 Å². The number of benzene rings is 2. The molecule has 1 N–H and O–H groups in total. The topological polar surface area (TPSA) is 24.9 Å². The van der Waals surface area contributed by atoms with E-state index in [0.29, 0.717) is 5.92 Å². The number of anilines is 1. The lowest BCUT2D eigenvalue weighted by Crippen LogP contribution is -2.24. The van der Waals surface area contributed by atoms with E-state index in [9.17, 15) is 0 Å². The molecule has 1 aliphatic rings. The molecule has 1 unspecified atom stereocenters. The Balaban J connectivity index is 1.51. The minimum atomic E-state index is 0.638. The van der Waals surface area contributed by atoms with Gasteiger partial charge in [-0.05, 0) is 36.1 Å². The van der Waals surface area contributed by atoms with Crippen LogP contribution < -0.4 is 5.32 Å². The molecule has 1 aromatic heterocycles. The first-order chi connectivity index (χ1) is 9.81. The van der Waals surface area contributed by atoms with Gasteiger partial charge in [0.05, 0.1) is 10.2 Å². The fourth-order valence-electron chi connectivity index (χ4n) is 2.92. The Hall–Kier alpha value is -1.87. The molecule has 0 spiro atoms. The zero-order valence-electron chi connectivity index (χ0n) is 11.4. The summed E-state index contributed by atoms with van der Waals surface area (Å²) >= 11 is 1.75. The minimum absolute atomic E-state index is 0.638. The number of rotatable bonds is 3. The first-order valence-corrected chi connectivity index (χ1v) is 7.81. The van der Waals surface area contributed by atoms with E-state index < -0.39 is 0 Å². The molecule has 0 aliphatic heterocycles. The summed E-state index contributed by atoms with van der Waals surface area (Å²) in [4.78, 5) is 4.71. The molecule has 0 radical (unpaired) electrons. The summed E-state index contributed by atoms with van der Waals surface area (Å²) in [6.45, 7) is 3.10. The Morgan fingerprint density at radius 1 is 1.20 bits per heavy atom. The summed E-state index contributed by atoms with van der Waals surface area (Å²) in [5, 5.41) is 4.55. The predicted molar refractivity (Wildman–Crippen MR) is 85.7 cm³/mol. The van der Waals surface area contributed by atoms with Crippen molar-refractivity contribution in [3.05, 3.63) is 59.2 Å². The maximum atomic E-state index is 4.71. The molecule has 3 aromatic rings. The number of nitrogens with one attached hydrogen (secondary N) is 1. The monoisotopic (exact) mass is 280 g/mol. The van der Waals surface area contributed by atoms with Crippen LogP contribution in [-0.4, -0.2) is 11.5 Å². The highest BCUT2D eigenvalue weighted by atomic mass is 32.1. The van der Waals surface area contributed by atoms with Crippen LogP contribution in [0.1, 0.15) is 22.6 Å². The molecule has 4 rings (SSSR count). The average Bonchev–Trinajstić information content (AvgIpc) is 2.84. The third-order valence-electron chi connectivity index (χ3n) is 4.08. The van der Waals surface area contributed by atoms with Gasteiger partial charge in [0.1, 0.15) is 0 Å². The molecule has 3 heteroatoms. The molecular weight excluding hydrogens is 264 g/mol. The number of hydrogen-bond donors (Lipinski definition) is 1. The Labute approximate surface area is 122 Å². The van der Waals surface area contributed by atoms with Crippen LogP contribution in [0.3, 0.4) is 0 Å². The van der Waals surface area contributed by atoms with Gasteiger partial charge in [0.15, 0.2) is 5.13 Å². The van der Waals surface area contributed by atoms with Gasteiger partial charge in [0, 0.05) is 12.5 Å². The Bertz CT molecular complexity index is 776. The van der Waals surface area contributed by atoms with Gasteiger partial charge in [-0.2, -0.15) is 0 Å². The second-order valence-electron chi connectivity index (χ2n) is 5.42. The van der Waals surface area contributed by atoms with Crippen LogP contribution in [0.25, 0.3) is 10.2 Å². The van der Waals surface area contributed by atoms with Crippen molar-refractivity contribution >= 4 is 26.7 Å². The van der Waals surface area contributed by atoms with Gasteiger partial charge in [-0.1, -0.05) is 47.7 Å². The van der Waals surface area contributed by atoms with Gasteiger partial charge in [-0.25, -0.2) is 4.98 Å². The maximum absolute atomic E-state index is 4.71. The van der Waals surface area contributed by atoms with E-state index in [-0.39, 0.29) is 0 Å². The van der Waals surface area contributed by atoms with E-state index in [4.69, 9.17) is 4.98 Å². The summed E-state index contributed by atoms with van der Waals surface area (Å²) in [5.41, 5.74) is 5.38. The van der Waals surface area contributed by atoms with E-state index in [1.165, 1.54) is 27.8 Å². The van der Waals surface area contributed by atoms with Gasteiger partial charge < -0.3 is 5.32 Å². The molecule has 2 aromatic carbocycles. The molecule has 2 nitrogen and oxygen atoms in total. The first kappa shape index (κ1) is 11.9. The highest BCUT2D eigenvalue weighted by Gasteiger charge is 2.25. The quantitative estimate of drug-likeness (QED) is 0.771. The smallest absolute Gasteiger partial charge is 0.183 e. The molecule has 0 fully saturated rings. The molecular formula is C17H16N2S. The molecule has 1 aliphatic carbocycles. The van der Waals surface area contributed by atoms with E-state index in [2.05, 4.69) is 54.7 Å². The van der Waals surface area contributed by atoms with Crippen molar-refractivity contribution in [1.82, 2.24) is 4.98 Å². The molecule has 20 heavy (non-hydrogen) atoms. The van der Waals surface area contributed by atoms with Crippen LogP contribution in [-0.2, 0) is 6.42 Å². The third-order valence-corrected chi connectivity index (χ3v) is 5.06. The second-order valence-corrected chi connectivity index (χ2v) is 6.45. The average molecular weight is 280 g/mol. The van der Waals surface area contributed by atoms with Crippen molar-refractivity contribution in [3.8, 4) is 0 Å². The number of para-hydroxylation sites is 1. The lowest BCUT2D eigenvalue weighted by Gasteiger charge is -2.30. The minimum Gasteiger partial charge on any atom is -0.361 e. The largest absolute Gasteiger partial charge is 0.361 e. The SMILES string of the molecule is Cc1cccc2sc(NCC3Cc4ccccc43)nc12. The molecule has 0 amide bonds. The third kappa shape index (κ3) is 1.90. The molecule has 1 atom stereocenters. The van der Waals surface area contributed by atoms with Crippen LogP contribution in [0.4, 0.5) is 5.13 Å². The van der Waals surface area contributed by atoms with Crippen LogP contribution in [0, 0.1) is 6.92 Å². The summed E-state index contributed by atoms with van der Waals surface area (Å²) in [5.74, 6) is 0.638. The van der Waals surface area contributed by atoms with Crippen molar-refractivity contribution in [2.75, 3.05) is 11.9 Å². The standard InChI is InChI=1S/C17H16N2S/c1-11-5-4-8-15-16(11)19-17(20-15)18-10-13-9-12-6-2-3-7-14(12)13/h2-8,13H,9-10H2,1H3,(H,18,19). The van der Waals surface area contributed by atoms with Gasteiger partial charge in [0.25, 0.3) is 0 Å². The number of aromatic nitrogens is 1. The first-order valence-electron chi connectivity index (χ1n) is 6.99. The number of nitrogens with zero attached hydrogens (tertiary/aromatic N) is 1. The summed E-state index contributed by atoms with van der Waals surface area (Å²) in [7, 11) is 0. The van der Waals surface area contributed by atoms with Crippen molar-refractivity contribution < 1.29 is 0 Å². The second kappa shape index (κ2) is 4.60. The van der Waals surface area contributed by atoms with Gasteiger partial charge in [0.2, 0.25) is 0 Å². The van der Waals surface area contributed by atoms with E-state index in [0.717, 1.165) is 17.2 Å². The predicted octanol–water partition coefficient (Wildman–Crippen LogP) is 4.36. The van der Waals surface area contributed by atoms with Crippen molar-refractivity contribution in [3.63, 3.8) is 0 Å². The normalized spacial score (nSPS) is 16.8. The van der Waals surface area contributed by atoms with Gasteiger partial charge in [-0.3, -0.25) is 0 Å². The van der Waals surface area contributed by atoms with Crippen molar-refractivity contribution in [2.45, 2.75) is 19.3 Å². The molecule has 0 saturated carbocycles. The highest BCUT2D eigenvalue weighted by molar-refractivity contribution is 7.22. The summed E-state index contributed by atoms with van der Waals surface area (Å²) < 4.78 is 1.27. The number of fused-ring (bicyclic) bond motifs is 2. The summed E-state index contributed by atoms with van der Waals surface area (Å²) in [6, 6.07) is 15.1. The maximum Gasteiger partial charge on any atom is 0.183 e. The van der Waals surface area contributed by atoms with Crippen LogP contribution in [0.2, 0.25) is 0 Å². The van der Waals surface area contributed by atoms with E-state index in [1.807, 2.05) is 0 Å². The molecule has 100 valence electrons. The summed E-state index contributed by atoms with van der Waals surface area (Å²) in [6.07, 6.45) is 1.19. The van der Waals surface area contributed by atoms with Gasteiger partial charge >= 0.3 is 0 Å². The van der Waals surface area contributed by atoms with E-state index in [1.54, 1.807) is 11.3 Å². The fourth-order valence-corrected chi connectivity index (χ4v) is 3.87. The highest BCUT2D eigenvalue weighted by Crippen LogP contribution is 2.35. The zero-order valence-corrected chi connectivity index (χ0v) is 12.2. The Morgan fingerprint density at radius 2 is 2.10 bits per heavy atom. The molecule has 0 bridgehead atoms. The zero-order chi connectivity index (χ0) is 13.5. The van der Waals surface area contributed by atoms with E-state index >= 15 is 0 Å². The lowest BCUT2D eigenvalue weighted by molar-refractivity contribution is 0.635. The lowest BCUT2D eigenvalue weighted by atomic mass is 9.78. The molecule has 1 heterocycles. The number of aryl methyl sites for hydroxylation is 1. The molecule has 0 saturated heterocycles. The fraction of sp³-hybridized carbons (Fsp3) is 0.235. The van der Waals surface area contributed by atoms with Gasteiger partial charge in [-0.15, -0.1) is 0 Å². The van der Waals surface area contributed by atoms with Crippen LogP contribution >= 0.6 is 11.3 Å². The van der Waals surface area contributed by atoms with Crippen LogP contribution in [0.15, 0.2) is 42.5 Å².